The fraction of sp³-hybridized carbons (Fsp3) is 0.400. The van der Waals surface area contributed by atoms with Crippen LogP contribution in [-0.4, -0.2) is 15.7 Å². The first-order valence-electron chi connectivity index (χ1n) is 6.58. The van der Waals surface area contributed by atoms with E-state index in [1.54, 1.807) is 0 Å². The van der Waals surface area contributed by atoms with Gasteiger partial charge in [-0.1, -0.05) is 35.0 Å². The first-order valence-corrected chi connectivity index (χ1v) is 8.70. The summed E-state index contributed by atoms with van der Waals surface area (Å²) in [6.45, 7) is 2.12. The van der Waals surface area contributed by atoms with Crippen LogP contribution in [0, 0.1) is 0 Å². The van der Waals surface area contributed by atoms with Gasteiger partial charge in [0.2, 0.25) is 0 Å². The Morgan fingerprint density at radius 1 is 1.25 bits per heavy atom. The zero-order valence-electron chi connectivity index (χ0n) is 11.5. The Balaban J connectivity index is 2.26. The Labute approximate surface area is 141 Å². The summed E-state index contributed by atoms with van der Waals surface area (Å²) in [5.41, 5.74) is 3.57. The molecule has 20 heavy (non-hydrogen) atoms. The predicted octanol–water partition coefficient (Wildman–Crippen LogP) is 5.07. The molecule has 1 heterocycles. The molecule has 0 bridgehead atoms. The Kier molecular flexibility index (Phi) is 5.70. The van der Waals surface area contributed by atoms with E-state index in [0.29, 0.717) is 11.8 Å². The molecule has 0 spiro atoms. The van der Waals surface area contributed by atoms with Crippen LogP contribution in [0.2, 0.25) is 0 Å². The van der Waals surface area contributed by atoms with Crippen molar-refractivity contribution in [2.24, 2.45) is 7.05 Å². The highest BCUT2D eigenvalue weighted by atomic mass is 79.9. The number of rotatable bonds is 5. The standard InChI is InChI=1S/C15H17Br2ClN2/c1-3-13-15(17)14(20(2)19-13)8-11(9-18)10-4-6-12(16)7-5-10/h4-7,11H,3,8-9H2,1-2H3. The van der Waals surface area contributed by atoms with Crippen LogP contribution >= 0.6 is 43.5 Å². The van der Waals surface area contributed by atoms with Crippen molar-refractivity contribution in [3.8, 4) is 0 Å². The van der Waals surface area contributed by atoms with E-state index >= 15 is 0 Å². The van der Waals surface area contributed by atoms with Crippen molar-refractivity contribution >= 4 is 43.5 Å². The van der Waals surface area contributed by atoms with E-state index in [2.05, 4.69) is 68.1 Å². The van der Waals surface area contributed by atoms with Crippen molar-refractivity contribution < 1.29 is 0 Å². The molecule has 0 radical (unpaired) electrons. The zero-order valence-corrected chi connectivity index (χ0v) is 15.5. The fourth-order valence-corrected chi connectivity index (χ4v) is 3.60. The van der Waals surface area contributed by atoms with Crippen molar-refractivity contribution in [1.29, 1.82) is 0 Å². The van der Waals surface area contributed by atoms with Crippen molar-refractivity contribution in [3.63, 3.8) is 0 Å². The van der Waals surface area contributed by atoms with E-state index in [0.717, 1.165) is 27.5 Å². The summed E-state index contributed by atoms with van der Waals surface area (Å²) in [5, 5.41) is 4.54. The second-order valence-corrected chi connectivity index (χ2v) is 6.81. The van der Waals surface area contributed by atoms with Gasteiger partial charge in [-0.25, -0.2) is 0 Å². The van der Waals surface area contributed by atoms with Gasteiger partial charge < -0.3 is 0 Å². The van der Waals surface area contributed by atoms with Gasteiger partial charge in [-0.3, -0.25) is 4.68 Å². The summed E-state index contributed by atoms with van der Waals surface area (Å²) < 4.78 is 4.17. The highest BCUT2D eigenvalue weighted by Gasteiger charge is 2.18. The Hall–Kier alpha value is -0.320. The molecular formula is C15H17Br2ClN2. The minimum atomic E-state index is 0.293. The number of hydrogen-bond acceptors (Lipinski definition) is 1. The third kappa shape index (κ3) is 3.46. The molecule has 0 aliphatic rings. The minimum Gasteiger partial charge on any atom is -0.271 e. The highest BCUT2D eigenvalue weighted by Crippen LogP contribution is 2.29. The largest absolute Gasteiger partial charge is 0.271 e. The molecule has 0 aliphatic heterocycles. The Bertz CT molecular complexity index is 578. The van der Waals surface area contributed by atoms with Gasteiger partial charge in [0.25, 0.3) is 0 Å². The van der Waals surface area contributed by atoms with Crippen LogP contribution in [0.3, 0.4) is 0 Å². The van der Waals surface area contributed by atoms with Crippen LogP contribution < -0.4 is 0 Å². The lowest BCUT2D eigenvalue weighted by Gasteiger charge is -2.15. The lowest BCUT2D eigenvalue weighted by atomic mass is 9.96. The van der Waals surface area contributed by atoms with Gasteiger partial charge in [0.1, 0.15) is 0 Å². The molecule has 1 atom stereocenters. The molecule has 2 aromatic rings. The summed E-state index contributed by atoms with van der Waals surface area (Å²) >= 11 is 13.3. The number of alkyl halides is 1. The van der Waals surface area contributed by atoms with Gasteiger partial charge >= 0.3 is 0 Å². The van der Waals surface area contributed by atoms with Gasteiger partial charge in [-0.15, -0.1) is 11.6 Å². The number of benzene rings is 1. The Morgan fingerprint density at radius 2 is 1.90 bits per heavy atom. The number of aromatic nitrogens is 2. The molecule has 1 aromatic carbocycles. The zero-order chi connectivity index (χ0) is 14.7. The van der Waals surface area contributed by atoms with Gasteiger partial charge in [0.15, 0.2) is 0 Å². The average Bonchev–Trinajstić information content (AvgIpc) is 2.72. The van der Waals surface area contributed by atoms with Crippen molar-refractivity contribution in [1.82, 2.24) is 9.78 Å². The number of nitrogens with zero attached hydrogens (tertiary/aromatic N) is 2. The number of hydrogen-bond donors (Lipinski definition) is 0. The SMILES string of the molecule is CCc1nn(C)c(CC(CCl)c2ccc(Br)cc2)c1Br. The molecule has 108 valence electrons. The van der Waals surface area contributed by atoms with Crippen LogP contribution in [0.1, 0.15) is 29.8 Å². The molecule has 0 N–H and O–H groups in total. The van der Waals surface area contributed by atoms with Crippen LogP contribution in [0.4, 0.5) is 0 Å². The summed E-state index contributed by atoms with van der Waals surface area (Å²) in [4.78, 5) is 0. The van der Waals surface area contributed by atoms with E-state index in [1.807, 2.05) is 11.7 Å². The summed E-state index contributed by atoms with van der Waals surface area (Å²) in [5.74, 6) is 0.891. The van der Waals surface area contributed by atoms with Crippen LogP contribution in [0.25, 0.3) is 0 Å². The van der Waals surface area contributed by atoms with Gasteiger partial charge in [0.05, 0.1) is 15.9 Å². The molecule has 0 fully saturated rings. The maximum atomic E-state index is 6.18. The van der Waals surface area contributed by atoms with Crippen molar-refractivity contribution in [2.45, 2.75) is 25.7 Å². The van der Waals surface area contributed by atoms with E-state index in [-0.39, 0.29) is 0 Å². The first kappa shape index (κ1) is 16.1. The molecule has 1 aromatic heterocycles. The maximum absolute atomic E-state index is 6.18. The normalized spacial score (nSPS) is 12.7. The van der Waals surface area contributed by atoms with Crippen LogP contribution in [0.15, 0.2) is 33.2 Å². The summed E-state index contributed by atoms with van der Waals surface area (Å²) in [7, 11) is 1.99. The number of aryl methyl sites for hydroxylation is 2. The second-order valence-electron chi connectivity index (χ2n) is 4.79. The average molecular weight is 421 g/mol. The first-order chi connectivity index (χ1) is 9.56. The van der Waals surface area contributed by atoms with E-state index in [9.17, 15) is 0 Å². The van der Waals surface area contributed by atoms with Crippen LogP contribution in [-0.2, 0) is 19.9 Å². The predicted molar refractivity (Wildman–Crippen MR) is 91.6 cm³/mol. The molecule has 5 heteroatoms. The fourth-order valence-electron chi connectivity index (χ4n) is 2.27. The molecule has 1 unspecified atom stereocenters. The molecule has 0 amide bonds. The third-order valence-electron chi connectivity index (χ3n) is 3.47. The minimum absolute atomic E-state index is 0.293. The van der Waals surface area contributed by atoms with Crippen molar-refractivity contribution in [3.05, 3.63) is 50.2 Å². The topological polar surface area (TPSA) is 17.8 Å². The summed E-state index contributed by atoms with van der Waals surface area (Å²) in [6.07, 6.45) is 1.81. The van der Waals surface area contributed by atoms with E-state index < -0.39 is 0 Å². The molecule has 0 saturated heterocycles. The Morgan fingerprint density at radius 3 is 2.40 bits per heavy atom. The van der Waals surface area contributed by atoms with Gasteiger partial charge in [-0.05, 0) is 46.5 Å². The smallest absolute Gasteiger partial charge is 0.0766 e. The maximum Gasteiger partial charge on any atom is 0.0766 e. The second kappa shape index (κ2) is 7.10. The lowest BCUT2D eigenvalue weighted by Crippen LogP contribution is -2.09. The highest BCUT2D eigenvalue weighted by molar-refractivity contribution is 9.10. The molecular weight excluding hydrogens is 403 g/mol. The van der Waals surface area contributed by atoms with Crippen molar-refractivity contribution in [2.75, 3.05) is 5.88 Å². The molecule has 0 aliphatic carbocycles. The molecule has 2 nitrogen and oxygen atoms in total. The monoisotopic (exact) mass is 418 g/mol. The quantitative estimate of drug-likeness (QED) is 0.618. The number of halogens is 3. The third-order valence-corrected chi connectivity index (χ3v) is 5.29. The molecule has 0 saturated carbocycles. The van der Waals surface area contributed by atoms with E-state index in [1.165, 1.54) is 11.3 Å². The van der Waals surface area contributed by atoms with Crippen LogP contribution in [0.5, 0.6) is 0 Å². The molecule has 2 rings (SSSR count). The van der Waals surface area contributed by atoms with Gasteiger partial charge in [-0.2, -0.15) is 5.10 Å². The van der Waals surface area contributed by atoms with E-state index in [4.69, 9.17) is 11.6 Å². The lowest BCUT2D eigenvalue weighted by molar-refractivity contribution is 0.654. The summed E-state index contributed by atoms with van der Waals surface area (Å²) in [6, 6.07) is 8.37. The van der Waals surface area contributed by atoms with Gasteiger partial charge in [0, 0.05) is 23.3 Å².